The molecule has 2 amide bonds. The smallest absolute Gasteiger partial charge is 0.329 e. The molecule has 8 heteroatoms. The van der Waals surface area contributed by atoms with Gasteiger partial charge in [0.2, 0.25) is 0 Å². The Morgan fingerprint density at radius 2 is 2.17 bits per heavy atom. The van der Waals surface area contributed by atoms with Crippen LogP contribution in [0.4, 0.5) is 22.1 Å². The molecule has 5 rings (SSSR count). The van der Waals surface area contributed by atoms with E-state index < -0.39 is 0 Å². The second kappa shape index (κ2) is 7.05. The lowest BCUT2D eigenvalue weighted by Gasteiger charge is -2.35. The lowest BCUT2D eigenvalue weighted by Crippen LogP contribution is -2.48. The second-order valence-corrected chi connectivity index (χ2v) is 7.06. The Labute approximate surface area is 168 Å². The fourth-order valence-corrected chi connectivity index (χ4v) is 3.91. The second-order valence-electron chi connectivity index (χ2n) is 7.06. The maximum atomic E-state index is 13.2. The van der Waals surface area contributed by atoms with Gasteiger partial charge in [0.25, 0.3) is 0 Å². The van der Waals surface area contributed by atoms with E-state index in [4.69, 9.17) is 9.72 Å². The molecule has 0 unspecified atom stereocenters. The number of carbonyl (C=O) groups excluding carboxylic acids is 1. The number of rotatable bonds is 3. The van der Waals surface area contributed by atoms with Crippen LogP contribution in [0.1, 0.15) is 6.42 Å². The molecule has 2 aliphatic heterocycles. The van der Waals surface area contributed by atoms with E-state index in [2.05, 4.69) is 20.2 Å². The summed E-state index contributed by atoms with van der Waals surface area (Å²) in [6.07, 6.45) is 5.96. The maximum absolute atomic E-state index is 13.2. The monoisotopic (exact) mass is 388 g/mol. The number of fused-ring (bicyclic) bond motifs is 4. The van der Waals surface area contributed by atoms with Crippen molar-refractivity contribution < 1.29 is 9.53 Å². The van der Waals surface area contributed by atoms with E-state index in [-0.39, 0.29) is 12.1 Å². The van der Waals surface area contributed by atoms with Gasteiger partial charge < -0.3 is 9.64 Å². The number of ether oxygens (including phenoxy) is 1. The van der Waals surface area contributed by atoms with Crippen LogP contribution in [0.25, 0.3) is 11.3 Å². The Hall–Kier alpha value is -3.68. The van der Waals surface area contributed by atoms with Gasteiger partial charge in [-0.15, -0.1) is 0 Å². The van der Waals surface area contributed by atoms with Gasteiger partial charge in [0.1, 0.15) is 11.6 Å². The predicted octanol–water partition coefficient (Wildman–Crippen LogP) is 3.18. The largest absolute Gasteiger partial charge is 0.495 e. The molecule has 0 radical (unpaired) electrons. The summed E-state index contributed by atoms with van der Waals surface area (Å²) < 4.78 is 5.28. The van der Waals surface area contributed by atoms with Gasteiger partial charge in [0.15, 0.2) is 5.82 Å². The van der Waals surface area contributed by atoms with Crippen molar-refractivity contribution in [2.24, 2.45) is 0 Å². The molecule has 2 bridgehead atoms. The predicted molar refractivity (Wildman–Crippen MR) is 110 cm³/mol. The van der Waals surface area contributed by atoms with Crippen LogP contribution in [0.15, 0.2) is 55.0 Å². The fraction of sp³-hybridized carbons (Fsp3) is 0.238. The van der Waals surface area contributed by atoms with Crippen molar-refractivity contribution in [3.05, 3.63) is 55.0 Å². The highest BCUT2D eigenvalue weighted by atomic mass is 16.5. The number of amides is 2. The van der Waals surface area contributed by atoms with Crippen LogP contribution in [0.3, 0.4) is 0 Å². The number of aromatic nitrogens is 3. The zero-order valence-electron chi connectivity index (χ0n) is 15.9. The summed E-state index contributed by atoms with van der Waals surface area (Å²) in [5.74, 6) is 1.84. The van der Waals surface area contributed by atoms with Crippen molar-refractivity contribution in [3.8, 4) is 17.0 Å². The third kappa shape index (κ3) is 3.12. The minimum Gasteiger partial charge on any atom is -0.495 e. The highest BCUT2D eigenvalue weighted by molar-refractivity contribution is 6.04. The van der Waals surface area contributed by atoms with Crippen LogP contribution < -0.4 is 19.9 Å². The molecule has 29 heavy (non-hydrogen) atoms. The summed E-state index contributed by atoms with van der Waals surface area (Å²) in [6, 6.07) is 11.2. The normalized spacial score (nSPS) is 17.1. The highest BCUT2D eigenvalue weighted by Gasteiger charge is 2.40. The Morgan fingerprint density at radius 1 is 1.24 bits per heavy atom. The van der Waals surface area contributed by atoms with Crippen molar-refractivity contribution in [3.63, 3.8) is 0 Å². The zero-order valence-corrected chi connectivity index (χ0v) is 15.9. The number of hydrogen-bond acceptors (Lipinski definition) is 6. The van der Waals surface area contributed by atoms with E-state index in [1.165, 1.54) is 0 Å². The van der Waals surface area contributed by atoms with Gasteiger partial charge in [-0.3, -0.25) is 15.2 Å². The topological polar surface area (TPSA) is 83.5 Å². The fourth-order valence-electron chi connectivity index (χ4n) is 3.91. The molecule has 3 aromatic rings. The van der Waals surface area contributed by atoms with Crippen LogP contribution in [0.5, 0.6) is 5.75 Å². The van der Waals surface area contributed by atoms with E-state index in [1.54, 1.807) is 36.7 Å². The molecule has 8 nitrogen and oxygen atoms in total. The summed E-state index contributed by atoms with van der Waals surface area (Å²) >= 11 is 0. The Balaban J connectivity index is 1.54. The first-order chi connectivity index (χ1) is 14.2. The zero-order chi connectivity index (χ0) is 19.8. The molecule has 0 aromatic carbocycles. The number of carbonyl (C=O) groups is 1. The minimum atomic E-state index is -0.218. The van der Waals surface area contributed by atoms with E-state index in [1.807, 2.05) is 30.3 Å². The summed E-state index contributed by atoms with van der Waals surface area (Å²) in [7, 11) is 1.61. The minimum absolute atomic E-state index is 0.0809. The first-order valence-electron chi connectivity index (χ1n) is 9.49. The Kier molecular flexibility index (Phi) is 4.23. The molecule has 0 aliphatic carbocycles. The van der Waals surface area contributed by atoms with Crippen LogP contribution in [-0.4, -0.2) is 47.2 Å². The molecule has 1 N–H and O–H groups in total. The van der Waals surface area contributed by atoms with Gasteiger partial charge in [-0.2, -0.15) is 0 Å². The Bertz CT molecular complexity index is 1060. The van der Waals surface area contributed by atoms with E-state index >= 15 is 0 Å². The number of nitrogens with zero attached hydrogens (tertiary/aromatic N) is 5. The van der Waals surface area contributed by atoms with Crippen molar-refractivity contribution in [2.75, 3.05) is 35.3 Å². The van der Waals surface area contributed by atoms with E-state index in [0.29, 0.717) is 17.4 Å². The lowest BCUT2D eigenvalue weighted by molar-refractivity contribution is 0.254. The summed E-state index contributed by atoms with van der Waals surface area (Å²) in [5, 5.41) is 2.90. The third-order valence-electron chi connectivity index (χ3n) is 5.32. The standard InChI is InChI=1S/C21H20N6O2/c1-29-16-10-14(11-22-12-16)17-5-6-18-20(24-17)27(15-7-9-26(18)13-15)21(28)25-19-4-2-3-8-23-19/h2-6,8,10-12,15H,7,9,13H2,1H3,(H,23,25,28)/t15-/m0/s1. The first kappa shape index (κ1) is 17.4. The molecule has 1 fully saturated rings. The van der Waals surface area contributed by atoms with Crippen LogP contribution in [-0.2, 0) is 0 Å². The van der Waals surface area contributed by atoms with Crippen molar-refractivity contribution in [1.82, 2.24) is 15.0 Å². The van der Waals surface area contributed by atoms with Crippen molar-refractivity contribution >= 4 is 23.4 Å². The maximum Gasteiger partial charge on any atom is 0.329 e. The first-order valence-corrected chi connectivity index (χ1v) is 9.49. The van der Waals surface area contributed by atoms with E-state index in [0.717, 1.165) is 36.5 Å². The van der Waals surface area contributed by atoms with Gasteiger partial charge >= 0.3 is 6.03 Å². The van der Waals surface area contributed by atoms with Gasteiger partial charge in [-0.05, 0) is 36.8 Å². The molecular weight excluding hydrogens is 368 g/mol. The summed E-state index contributed by atoms with van der Waals surface area (Å²) in [5.41, 5.74) is 2.55. The number of methoxy groups -OCH3 is 1. The van der Waals surface area contributed by atoms with Crippen molar-refractivity contribution in [2.45, 2.75) is 12.5 Å². The van der Waals surface area contributed by atoms with Crippen LogP contribution in [0.2, 0.25) is 0 Å². The third-order valence-corrected chi connectivity index (χ3v) is 5.32. The molecule has 0 spiro atoms. The molecule has 2 aliphatic rings. The number of nitrogens with one attached hydrogen (secondary N) is 1. The highest BCUT2D eigenvalue weighted by Crippen LogP contribution is 2.40. The molecule has 3 aromatic heterocycles. The molecule has 0 saturated carbocycles. The average Bonchev–Trinajstić information content (AvgIpc) is 3.18. The number of anilines is 3. The van der Waals surface area contributed by atoms with Crippen molar-refractivity contribution in [1.29, 1.82) is 0 Å². The van der Waals surface area contributed by atoms with E-state index in [9.17, 15) is 4.79 Å². The van der Waals surface area contributed by atoms with Crippen LogP contribution in [0, 0.1) is 0 Å². The SMILES string of the molecule is COc1cncc(-c2ccc3c(n2)N(C(=O)Nc2ccccn2)[C@H]2CCN3C2)c1. The van der Waals surface area contributed by atoms with Gasteiger partial charge in [0.05, 0.1) is 30.7 Å². The molecule has 1 atom stereocenters. The van der Waals surface area contributed by atoms with Crippen LogP contribution >= 0.6 is 0 Å². The number of hydrogen-bond donors (Lipinski definition) is 1. The van der Waals surface area contributed by atoms with Gasteiger partial charge in [0, 0.05) is 31.0 Å². The summed E-state index contributed by atoms with van der Waals surface area (Å²) in [6.45, 7) is 1.72. The quantitative estimate of drug-likeness (QED) is 0.742. The molecule has 1 saturated heterocycles. The molecule has 146 valence electrons. The lowest BCUT2D eigenvalue weighted by atomic mass is 10.1. The average molecular weight is 388 g/mol. The number of urea groups is 1. The van der Waals surface area contributed by atoms with Gasteiger partial charge in [-0.1, -0.05) is 6.07 Å². The number of pyridine rings is 3. The molecule has 5 heterocycles. The van der Waals surface area contributed by atoms with Gasteiger partial charge in [-0.25, -0.2) is 14.8 Å². The molecular formula is C21H20N6O2. The Morgan fingerprint density at radius 3 is 3.00 bits per heavy atom. The summed E-state index contributed by atoms with van der Waals surface area (Å²) in [4.78, 5) is 30.5.